The van der Waals surface area contributed by atoms with Crippen molar-refractivity contribution < 1.29 is 9.59 Å². The largest absolute Gasteiger partial charge is 0.342 e. The number of rotatable bonds is 3. The van der Waals surface area contributed by atoms with Crippen LogP contribution in [0.1, 0.15) is 42.8 Å². The molecule has 6 heteroatoms. The van der Waals surface area contributed by atoms with E-state index in [1.807, 2.05) is 12.3 Å². The molecule has 1 unspecified atom stereocenters. The molecule has 2 heterocycles. The van der Waals surface area contributed by atoms with Crippen LogP contribution in [0.5, 0.6) is 0 Å². The Bertz CT molecular complexity index is 537. The van der Waals surface area contributed by atoms with Crippen LogP contribution in [0.3, 0.4) is 0 Å². The molecule has 0 radical (unpaired) electrons. The Hall–Kier alpha value is -1.43. The summed E-state index contributed by atoms with van der Waals surface area (Å²) in [6.45, 7) is 2.54. The van der Waals surface area contributed by atoms with Gasteiger partial charge in [0.1, 0.15) is 12.6 Å². The Kier molecular flexibility index (Phi) is 4.24. The van der Waals surface area contributed by atoms with Gasteiger partial charge in [-0.1, -0.05) is 19.3 Å². The number of carbonyl (C=O) groups excluding carboxylic acids is 2. The number of piperazine rings is 1. The standard InChI is InChI=1S/C15H21N3O2S/c1-10-16-12(9-21-10)7-18-8-13(19)17-14(15(18)20)11-5-3-2-4-6-11/h9,11,14H,2-8H2,1H3,(H,17,19). The highest BCUT2D eigenvalue weighted by atomic mass is 32.1. The van der Waals surface area contributed by atoms with Crippen LogP contribution in [-0.4, -0.2) is 34.3 Å². The Labute approximate surface area is 128 Å². The molecule has 1 saturated carbocycles. The van der Waals surface area contributed by atoms with Crippen molar-refractivity contribution in [2.24, 2.45) is 5.92 Å². The minimum Gasteiger partial charge on any atom is -0.342 e. The highest BCUT2D eigenvalue weighted by Crippen LogP contribution is 2.28. The van der Waals surface area contributed by atoms with E-state index in [1.54, 1.807) is 16.2 Å². The zero-order valence-electron chi connectivity index (χ0n) is 12.3. The average Bonchev–Trinajstić information content (AvgIpc) is 2.89. The predicted octanol–water partition coefficient (Wildman–Crippen LogP) is 1.86. The zero-order chi connectivity index (χ0) is 14.8. The Morgan fingerprint density at radius 3 is 2.76 bits per heavy atom. The van der Waals surface area contributed by atoms with Crippen molar-refractivity contribution in [1.29, 1.82) is 0 Å². The molecular formula is C15H21N3O2S. The van der Waals surface area contributed by atoms with Crippen molar-refractivity contribution in [3.8, 4) is 0 Å². The SMILES string of the molecule is Cc1nc(CN2CC(=O)NC(C3CCCCC3)C2=O)cs1. The van der Waals surface area contributed by atoms with E-state index in [4.69, 9.17) is 0 Å². The van der Waals surface area contributed by atoms with Crippen molar-refractivity contribution >= 4 is 23.2 Å². The van der Waals surface area contributed by atoms with Gasteiger partial charge in [-0.15, -0.1) is 11.3 Å². The van der Waals surface area contributed by atoms with Gasteiger partial charge < -0.3 is 10.2 Å². The van der Waals surface area contributed by atoms with E-state index < -0.39 is 0 Å². The van der Waals surface area contributed by atoms with Crippen molar-refractivity contribution in [3.63, 3.8) is 0 Å². The van der Waals surface area contributed by atoms with E-state index in [1.165, 1.54) is 6.42 Å². The van der Waals surface area contributed by atoms with Crippen molar-refractivity contribution in [2.75, 3.05) is 6.54 Å². The fourth-order valence-electron chi connectivity index (χ4n) is 3.33. The van der Waals surface area contributed by atoms with Gasteiger partial charge in [0.2, 0.25) is 11.8 Å². The van der Waals surface area contributed by atoms with E-state index in [9.17, 15) is 9.59 Å². The molecule has 1 aromatic rings. The Morgan fingerprint density at radius 1 is 1.33 bits per heavy atom. The third-order valence-corrected chi connectivity index (χ3v) is 5.19. The minimum atomic E-state index is -0.328. The predicted molar refractivity (Wildman–Crippen MR) is 80.8 cm³/mol. The van der Waals surface area contributed by atoms with Crippen LogP contribution in [0.4, 0.5) is 0 Å². The molecule has 2 amide bonds. The lowest BCUT2D eigenvalue weighted by molar-refractivity contribution is -0.146. The number of hydrogen-bond donors (Lipinski definition) is 1. The number of thiazole rings is 1. The van der Waals surface area contributed by atoms with E-state index >= 15 is 0 Å². The summed E-state index contributed by atoms with van der Waals surface area (Å²) in [5.41, 5.74) is 0.878. The lowest BCUT2D eigenvalue weighted by Crippen LogP contribution is -2.60. The fraction of sp³-hybridized carbons (Fsp3) is 0.667. The number of carbonyl (C=O) groups is 2. The van der Waals surface area contributed by atoms with Gasteiger partial charge in [-0.3, -0.25) is 9.59 Å². The van der Waals surface area contributed by atoms with Crippen LogP contribution in [0.15, 0.2) is 5.38 Å². The number of nitrogens with one attached hydrogen (secondary N) is 1. The van der Waals surface area contributed by atoms with Crippen LogP contribution in [-0.2, 0) is 16.1 Å². The molecule has 1 N–H and O–H groups in total. The first-order valence-electron chi connectivity index (χ1n) is 7.62. The van der Waals surface area contributed by atoms with Gasteiger partial charge in [0.25, 0.3) is 0 Å². The van der Waals surface area contributed by atoms with Crippen LogP contribution in [0.25, 0.3) is 0 Å². The smallest absolute Gasteiger partial charge is 0.246 e. The maximum atomic E-state index is 12.7. The summed E-state index contributed by atoms with van der Waals surface area (Å²) < 4.78 is 0. The number of aromatic nitrogens is 1. The zero-order valence-corrected chi connectivity index (χ0v) is 13.1. The number of aryl methyl sites for hydroxylation is 1. The summed E-state index contributed by atoms with van der Waals surface area (Å²) in [6, 6.07) is -0.328. The van der Waals surface area contributed by atoms with Gasteiger partial charge in [0.15, 0.2) is 0 Å². The second-order valence-electron chi connectivity index (χ2n) is 6.00. The van der Waals surface area contributed by atoms with E-state index in [0.717, 1.165) is 36.4 Å². The first-order valence-corrected chi connectivity index (χ1v) is 8.50. The van der Waals surface area contributed by atoms with E-state index in [-0.39, 0.29) is 24.4 Å². The molecule has 1 saturated heterocycles. The molecule has 2 aliphatic rings. The molecule has 3 rings (SSSR count). The monoisotopic (exact) mass is 307 g/mol. The number of amides is 2. The summed E-state index contributed by atoms with van der Waals surface area (Å²) in [5, 5.41) is 5.86. The molecule has 0 aromatic carbocycles. The third-order valence-electron chi connectivity index (χ3n) is 4.37. The molecule has 114 valence electrons. The van der Waals surface area contributed by atoms with Crippen molar-refractivity contribution in [3.05, 3.63) is 16.1 Å². The molecule has 0 spiro atoms. The van der Waals surface area contributed by atoms with E-state index in [2.05, 4.69) is 10.3 Å². The molecule has 5 nitrogen and oxygen atoms in total. The number of nitrogens with zero attached hydrogens (tertiary/aromatic N) is 2. The van der Waals surface area contributed by atoms with Crippen molar-refractivity contribution in [1.82, 2.24) is 15.2 Å². The molecule has 2 fully saturated rings. The summed E-state index contributed by atoms with van der Waals surface area (Å²) in [5.74, 6) is 0.319. The topological polar surface area (TPSA) is 62.3 Å². The van der Waals surface area contributed by atoms with Gasteiger partial charge >= 0.3 is 0 Å². The van der Waals surface area contributed by atoms with Crippen molar-refractivity contribution in [2.45, 2.75) is 51.6 Å². The van der Waals surface area contributed by atoms with Gasteiger partial charge in [-0.05, 0) is 25.7 Å². The maximum Gasteiger partial charge on any atom is 0.246 e. The van der Waals surface area contributed by atoms with Gasteiger partial charge in [0.05, 0.1) is 17.2 Å². The molecule has 0 bridgehead atoms. The minimum absolute atomic E-state index is 0.0443. The molecule has 1 aromatic heterocycles. The highest BCUT2D eigenvalue weighted by Gasteiger charge is 2.38. The molecule has 21 heavy (non-hydrogen) atoms. The molecular weight excluding hydrogens is 286 g/mol. The van der Waals surface area contributed by atoms with Crippen LogP contribution < -0.4 is 5.32 Å². The first-order chi connectivity index (χ1) is 10.1. The normalized spacial score (nSPS) is 24.2. The summed E-state index contributed by atoms with van der Waals surface area (Å²) in [7, 11) is 0. The van der Waals surface area contributed by atoms with Gasteiger partial charge in [-0.2, -0.15) is 0 Å². The van der Waals surface area contributed by atoms with Crippen LogP contribution >= 0.6 is 11.3 Å². The summed E-state index contributed by atoms with van der Waals surface area (Å²) in [4.78, 5) is 30.7. The average molecular weight is 307 g/mol. The van der Waals surface area contributed by atoms with Gasteiger partial charge in [-0.25, -0.2) is 4.98 Å². The Balaban J connectivity index is 1.71. The summed E-state index contributed by atoms with van der Waals surface area (Å²) in [6.07, 6.45) is 5.65. The quantitative estimate of drug-likeness (QED) is 0.927. The Morgan fingerprint density at radius 2 is 2.10 bits per heavy atom. The molecule has 1 aliphatic carbocycles. The lowest BCUT2D eigenvalue weighted by atomic mass is 9.82. The van der Waals surface area contributed by atoms with Crippen LogP contribution in [0.2, 0.25) is 0 Å². The third kappa shape index (κ3) is 3.26. The second kappa shape index (κ2) is 6.13. The maximum absolute atomic E-state index is 12.7. The number of hydrogen-bond acceptors (Lipinski definition) is 4. The molecule has 1 atom stereocenters. The molecule has 1 aliphatic heterocycles. The lowest BCUT2D eigenvalue weighted by Gasteiger charge is -2.37. The van der Waals surface area contributed by atoms with E-state index in [0.29, 0.717) is 12.5 Å². The summed E-state index contributed by atoms with van der Waals surface area (Å²) >= 11 is 1.57. The van der Waals surface area contributed by atoms with Crippen LogP contribution in [0, 0.1) is 12.8 Å². The fourth-order valence-corrected chi connectivity index (χ4v) is 3.93. The second-order valence-corrected chi connectivity index (χ2v) is 7.06. The van der Waals surface area contributed by atoms with Gasteiger partial charge in [0, 0.05) is 5.38 Å². The highest BCUT2D eigenvalue weighted by molar-refractivity contribution is 7.09. The first kappa shape index (κ1) is 14.5.